The van der Waals surface area contributed by atoms with Gasteiger partial charge in [0.05, 0.1) is 0 Å². The van der Waals surface area contributed by atoms with E-state index < -0.39 is 0 Å². The van der Waals surface area contributed by atoms with E-state index in [1.165, 1.54) is 0 Å². The molecule has 0 saturated carbocycles. The molecule has 1 aliphatic rings. The van der Waals surface area contributed by atoms with Gasteiger partial charge >= 0.3 is 0 Å². The van der Waals surface area contributed by atoms with Gasteiger partial charge in [-0.15, -0.1) is 0 Å². The van der Waals surface area contributed by atoms with Crippen molar-refractivity contribution in [3.05, 3.63) is 41.7 Å². The van der Waals surface area contributed by atoms with Crippen LogP contribution in [0.25, 0.3) is 5.32 Å². The fourth-order valence-electron chi connectivity index (χ4n) is 1.06. The molecule has 1 heterocycles. The number of benzene rings is 1. The predicted molar refractivity (Wildman–Crippen MR) is 52.2 cm³/mol. The average Bonchev–Trinajstić information content (AvgIpc) is 2.74. The minimum absolute atomic E-state index is 0. The predicted octanol–water partition coefficient (Wildman–Crippen LogP) is 2.11. The zero-order valence-corrected chi connectivity index (χ0v) is 14.2. The third-order valence-corrected chi connectivity index (χ3v) is 1.73. The van der Waals surface area contributed by atoms with Gasteiger partial charge in [-0.05, 0) is 0 Å². The van der Waals surface area contributed by atoms with E-state index >= 15 is 0 Å². The fourth-order valence-corrected chi connectivity index (χ4v) is 1.06. The zero-order valence-electron chi connectivity index (χ0n) is 8.43. The summed E-state index contributed by atoms with van der Waals surface area (Å²) in [5, 5.41) is 3.93. The molecule has 79 valence electrons. The van der Waals surface area contributed by atoms with Crippen molar-refractivity contribution in [3.8, 4) is 0 Å². The Morgan fingerprint density at radius 2 is 1.93 bits per heavy atom. The van der Waals surface area contributed by atoms with Crippen molar-refractivity contribution in [1.82, 2.24) is 0 Å². The number of carbonyl (C=O) groups excluding carboxylic acids is 1. The maximum absolute atomic E-state index is 9.79. The van der Waals surface area contributed by atoms with Crippen molar-refractivity contribution < 1.29 is 58.6 Å². The Bertz CT molecular complexity index is 201. The maximum Gasteiger partial charge on any atom is 0 e. The smallest absolute Gasteiger partial charge is 0 e. The topological polar surface area (TPSA) is 31.2 Å². The first-order valence-electron chi connectivity index (χ1n) is 4.39. The summed E-state index contributed by atoms with van der Waals surface area (Å²) >= 11 is 0. The third-order valence-electron chi connectivity index (χ3n) is 1.73. The zero-order chi connectivity index (χ0) is 9.36. The molecule has 0 amide bonds. The van der Waals surface area contributed by atoms with Crippen LogP contribution in [0, 0.1) is 6.07 Å². The first-order valence-corrected chi connectivity index (χ1v) is 4.39. The average molecular weight is 447 g/mol. The molecule has 4 heteroatoms. The van der Waals surface area contributed by atoms with Crippen molar-refractivity contribution in [2.45, 2.75) is 18.9 Å². The summed E-state index contributed by atoms with van der Waals surface area (Å²) in [7, 11) is 0. The van der Waals surface area contributed by atoms with Crippen molar-refractivity contribution in [2.24, 2.45) is 0 Å². The minimum atomic E-state index is -0.0833. The van der Waals surface area contributed by atoms with Crippen LogP contribution in [0.2, 0.25) is 0 Å². The quantitative estimate of drug-likeness (QED) is 0.608. The van der Waals surface area contributed by atoms with E-state index in [1.807, 2.05) is 36.6 Å². The van der Waals surface area contributed by atoms with E-state index in [2.05, 4.69) is 11.4 Å². The summed E-state index contributed by atoms with van der Waals surface area (Å²) in [6, 6.07) is 12.4. The van der Waals surface area contributed by atoms with Gasteiger partial charge in [0.1, 0.15) is 0 Å². The number of nitrogens with zero attached hydrogens (tertiary/aromatic N) is 1. The molecule has 1 unspecified atom stereocenters. The largest absolute Gasteiger partial charge is 0.683 e. The van der Waals surface area contributed by atoms with Gasteiger partial charge in [0.25, 0.3) is 0 Å². The Kier molecular flexibility index (Phi) is 15.3. The first-order chi connectivity index (χ1) is 6.43. The molecule has 2 nitrogen and oxygen atoms in total. The summed E-state index contributed by atoms with van der Waals surface area (Å²) in [6.07, 6.45) is 3.84. The second kappa shape index (κ2) is 12.7. The molecule has 1 atom stereocenters. The van der Waals surface area contributed by atoms with Gasteiger partial charge in [-0.2, -0.15) is 42.9 Å². The van der Waals surface area contributed by atoms with Crippen LogP contribution in [-0.4, -0.2) is 18.9 Å². The van der Waals surface area contributed by atoms with Crippen LogP contribution in [0.1, 0.15) is 12.8 Å². The Labute approximate surface area is 131 Å². The molecule has 1 radical (unpaired) electrons. The van der Waals surface area contributed by atoms with Crippen molar-refractivity contribution in [2.75, 3.05) is 6.54 Å². The maximum atomic E-state index is 9.79. The summed E-state index contributed by atoms with van der Waals surface area (Å²) in [5.41, 5.74) is 0. The third kappa shape index (κ3) is 9.56. The first kappa shape index (κ1) is 18.0. The number of hydrogen-bond acceptors (Lipinski definition) is 1. The normalized spacial score (nSPS) is 17.5. The standard InChI is InChI=1S/C6H5.C5H7NO.W.Y/c1-2-4-6-5-3-1;7-4-5-2-1-3-6-5;;/h1-5H;5H,1-3H2;;/q-1;-2;;. The van der Waals surface area contributed by atoms with Gasteiger partial charge < -0.3 is 10.1 Å². The monoisotopic (exact) mass is 447 g/mol. The fraction of sp³-hybridized carbons (Fsp3) is 0.364. The molecule has 1 aromatic carbocycles. The molecular formula is C11H12NOWY-3. The van der Waals surface area contributed by atoms with Gasteiger partial charge in [0, 0.05) is 53.8 Å². The second-order valence-electron chi connectivity index (χ2n) is 2.76. The minimum Gasteiger partial charge on any atom is -0.683 e. The van der Waals surface area contributed by atoms with Gasteiger partial charge in [-0.3, -0.25) is 6.29 Å². The van der Waals surface area contributed by atoms with Gasteiger partial charge in [-0.25, -0.2) is 6.04 Å². The molecule has 1 fully saturated rings. The molecule has 1 saturated heterocycles. The molecule has 0 spiro atoms. The Morgan fingerprint density at radius 3 is 2.13 bits per heavy atom. The molecule has 1 aromatic rings. The van der Waals surface area contributed by atoms with Gasteiger partial charge in [0.15, 0.2) is 0 Å². The van der Waals surface area contributed by atoms with Crippen LogP contribution in [0.5, 0.6) is 0 Å². The van der Waals surface area contributed by atoms with Crippen LogP contribution in [0.4, 0.5) is 0 Å². The molecule has 1 aliphatic heterocycles. The molecular weight excluding hydrogens is 435 g/mol. The van der Waals surface area contributed by atoms with Gasteiger partial charge in [-0.1, -0.05) is 12.8 Å². The Balaban J connectivity index is 0. The van der Waals surface area contributed by atoms with E-state index in [-0.39, 0.29) is 59.8 Å². The Hall–Kier alpha value is 0.642. The number of rotatable bonds is 1. The van der Waals surface area contributed by atoms with Crippen LogP contribution >= 0.6 is 0 Å². The molecule has 0 bridgehead atoms. The molecule has 0 aromatic heterocycles. The van der Waals surface area contributed by atoms with Crippen LogP contribution in [0.3, 0.4) is 0 Å². The summed E-state index contributed by atoms with van der Waals surface area (Å²) in [5.74, 6) is 0. The van der Waals surface area contributed by atoms with E-state index in [0.29, 0.717) is 0 Å². The van der Waals surface area contributed by atoms with E-state index in [9.17, 15) is 4.79 Å². The molecule has 0 N–H and O–H groups in total. The van der Waals surface area contributed by atoms with E-state index in [1.54, 1.807) is 0 Å². The second-order valence-corrected chi connectivity index (χ2v) is 2.76. The van der Waals surface area contributed by atoms with Crippen molar-refractivity contribution >= 4 is 6.29 Å². The number of hydrogen-bond donors (Lipinski definition) is 0. The Morgan fingerprint density at radius 1 is 1.27 bits per heavy atom. The summed E-state index contributed by atoms with van der Waals surface area (Å²) in [6.45, 7) is 0.861. The van der Waals surface area contributed by atoms with Gasteiger partial charge in [0.2, 0.25) is 0 Å². The van der Waals surface area contributed by atoms with Crippen LogP contribution in [-0.2, 0) is 58.6 Å². The van der Waals surface area contributed by atoms with E-state index in [0.717, 1.165) is 19.4 Å². The molecule has 0 aliphatic carbocycles. The van der Waals surface area contributed by atoms with Crippen LogP contribution in [0.15, 0.2) is 30.3 Å². The molecule has 15 heavy (non-hydrogen) atoms. The summed E-state index contributed by atoms with van der Waals surface area (Å²) in [4.78, 5) is 9.79. The molecule has 2 rings (SSSR count). The summed E-state index contributed by atoms with van der Waals surface area (Å²) < 4.78 is 0. The van der Waals surface area contributed by atoms with E-state index in [4.69, 9.17) is 0 Å². The van der Waals surface area contributed by atoms with Crippen molar-refractivity contribution in [1.29, 1.82) is 0 Å². The van der Waals surface area contributed by atoms with Crippen molar-refractivity contribution in [3.63, 3.8) is 0 Å². The SMILES string of the molecule is O=[C-]C1CCC[N-]1.[W].[Y].[c-]1ccccc1. The van der Waals surface area contributed by atoms with Crippen LogP contribution < -0.4 is 0 Å².